The van der Waals surface area contributed by atoms with E-state index in [4.69, 9.17) is 5.73 Å². The van der Waals surface area contributed by atoms with Crippen LogP contribution in [0.25, 0.3) is 0 Å². The normalized spacial score (nSPS) is 18.4. The highest BCUT2D eigenvalue weighted by Crippen LogP contribution is 2.44. The lowest BCUT2D eigenvalue weighted by Crippen LogP contribution is -2.42. The van der Waals surface area contributed by atoms with Crippen molar-refractivity contribution in [3.8, 4) is 0 Å². The molecule has 0 unspecified atom stereocenters. The molecule has 3 nitrogen and oxygen atoms in total. The number of hydrogen-bond donors (Lipinski definition) is 1. The van der Waals surface area contributed by atoms with Gasteiger partial charge in [0.1, 0.15) is 5.82 Å². The number of sulfone groups is 1. The topological polar surface area (TPSA) is 60.2 Å². The Bertz CT molecular complexity index is 571. The van der Waals surface area contributed by atoms with Crippen LogP contribution in [-0.4, -0.2) is 21.2 Å². The third-order valence-corrected chi connectivity index (χ3v) is 5.18. The van der Waals surface area contributed by atoms with Gasteiger partial charge in [0.15, 0.2) is 9.84 Å². The molecule has 0 saturated heterocycles. The monoisotopic (exact) mass is 271 g/mol. The van der Waals surface area contributed by atoms with E-state index >= 15 is 0 Å². The Balaban J connectivity index is 2.62. The van der Waals surface area contributed by atoms with Crippen molar-refractivity contribution in [2.75, 3.05) is 12.8 Å². The van der Waals surface area contributed by atoms with Crippen molar-refractivity contribution in [3.05, 3.63) is 29.1 Å². The molecule has 18 heavy (non-hydrogen) atoms. The van der Waals surface area contributed by atoms with Crippen LogP contribution in [0.3, 0.4) is 0 Å². The molecule has 5 heteroatoms. The van der Waals surface area contributed by atoms with E-state index in [-0.39, 0.29) is 16.1 Å². The molecule has 1 aliphatic rings. The van der Waals surface area contributed by atoms with Crippen molar-refractivity contribution >= 4 is 9.84 Å². The molecule has 1 aromatic carbocycles. The summed E-state index contributed by atoms with van der Waals surface area (Å²) < 4.78 is 37.4. The molecule has 0 spiro atoms. The van der Waals surface area contributed by atoms with Crippen LogP contribution >= 0.6 is 0 Å². The summed E-state index contributed by atoms with van der Waals surface area (Å²) >= 11 is 0. The molecular weight excluding hydrogens is 253 g/mol. The molecule has 100 valence electrons. The zero-order chi connectivity index (χ0) is 13.6. The van der Waals surface area contributed by atoms with E-state index in [1.165, 1.54) is 12.1 Å². The highest BCUT2D eigenvalue weighted by Gasteiger charge is 2.40. The van der Waals surface area contributed by atoms with Crippen LogP contribution in [0.2, 0.25) is 0 Å². The van der Waals surface area contributed by atoms with Crippen LogP contribution in [0.1, 0.15) is 30.4 Å². The maximum atomic E-state index is 14.1. The van der Waals surface area contributed by atoms with E-state index < -0.39 is 9.84 Å². The van der Waals surface area contributed by atoms with Gasteiger partial charge >= 0.3 is 0 Å². The van der Waals surface area contributed by atoms with Gasteiger partial charge in [0.25, 0.3) is 0 Å². The minimum Gasteiger partial charge on any atom is -0.330 e. The third kappa shape index (κ3) is 2.06. The number of halogens is 1. The first-order valence-corrected chi connectivity index (χ1v) is 7.90. The van der Waals surface area contributed by atoms with Crippen molar-refractivity contribution in [2.45, 2.75) is 36.5 Å². The first-order valence-electron chi connectivity index (χ1n) is 6.01. The Labute approximate surface area is 107 Å². The molecule has 2 N–H and O–H groups in total. The van der Waals surface area contributed by atoms with Gasteiger partial charge in [0.05, 0.1) is 4.90 Å². The summed E-state index contributed by atoms with van der Waals surface area (Å²) in [5.74, 6) is -0.343. The van der Waals surface area contributed by atoms with Gasteiger partial charge in [0.2, 0.25) is 0 Å². The van der Waals surface area contributed by atoms with Crippen molar-refractivity contribution in [1.29, 1.82) is 0 Å². The Morgan fingerprint density at radius 1 is 1.39 bits per heavy atom. The Kier molecular flexibility index (Phi) is 3.23. The molecule has 0 amide bonds. The molecule has 1 fully saturated rings. The van der Waals surface area contributed by atoms with Gasteiger partial charge < -0.3 is 5.73 Å². The van der Waals surface area contributed by atoms with Gasteiger partial charge in [-0.15, -0.1) is 0 Å². The Morgan fingerprint density at radius 3 is 2.39 bits per heavy atom. The molecule has 2 rings (SSSR count). The average molecular weight is 271 g/mol. The number of nitrogens with two attached hydrogens (primary N) is 1. The number of benzene rings is 1. The fourth-order valence-electron chi connectivity index (χ4n) is 2.65. The van der Waals surface area contributed by atoms with Crippen LogP contribution in [0.4, 0.5) is 4.39 Å². The summed E-state index contributed by atoms with van der Waals surface area (Å²) in [6.45, 7) is 1.97. The SMILES string of the molecule is Cc1cc(F)c(C2(CN)CCC2)cc1S(C)(=O)=O. The van der Waals surface area contributed by atoms with Crippen LogP contribution in [0, 0.1) is 12.7 Å². The summed E-state index contributed by atoms with van der Waals surface area (Å²) in [7, 11) is -3.33. The molecule has 0 radical (unpaired) electrons. The van der Waals surface area contributed by atoms with Crippen molar-refractivity contribution in [1.82, 2.24) is 0 Å². The largest absolute Gasteiger partial charge is 0.330 e. The van der Waals surface area contributed by atoms with Gasteiger partial charge in [-0.25, -0.2) is 12.8 Å². The second-order valence-electron chi connectivity index (χ2n) is 5.21. The lowest BCUT2D eigenvalue weighted by molar-refractivity contribution is 0.244. The lowest BCUT2D eigenvalue weighted by Gasteiger charge is -2.41. The van der Waals surface area contributed by atoms with E-state index in [9.17, 15) is 12.8 Å². The fourth-order valence-corrected chi connectivity index (χ4v) is 3.62. The van der Waals surface area contributed by atoms with E-state index in [0.717, 1.165) is 25.5 Å². The van der Waals surface area contributed by atoms with Crippen LogP contribution in [-0.2, 0) is 15.3 Å². The van der Waals surface area contributed by atoms with E-state index in [0.29, 0.717) is 17.7 Å². The second-order valence-corrected chi connectivity index (χ2v) is 7.19. The van der Waals surface area contributed by atoms with Gasteiger partial charge in [0, 0.05) is 18.2 Å². The standard InChI is InChI=1S/C13H18FNO2S/c1-9-6-11(14)10(7-12(9)18(2,16)17)13(8-15)4-3-5-13/h6-7H,3-5,8,15H2,1-2H3. The van der Waals surface area contributed by atoms with Crippen molar-refractivity contribution < 1.29 is 12.8 Å². The minimum absolute atomic E-state index is 0.207. The third-order valence-electron chi connectivity index (χ3n) is 3.94. The maximum absolute atomic E-state index is 14.1. The van der Waals surface area contributed by atoms with E-state index in [1.54, 1.807) is 6.92 Å². The maximum Gasteiger partial charge on any atom is 0.175 e. The van der Waals surface area contributed by atoms with Crippen molar-refractivity contribution in [3.63, 3.8) is 0 Å². The predicted octanol–water partition coefficient (Wildman–Crippen LogP) is 1.92. The lowest BCUT2D eigenvalue weighted by atomic mass is 9.64. The molecular formula is C13H18FNO2S. The zero-order valence-corrected chi connectivity index (χ0v) is 11.5. The highest BCUT2D eigenvalue weighted by atomic mass is 32.2. The number of hydrogen-bond acceptors (Lipinski definition) is 3. The summed E-state index contributed by atoms with van der Waals surface area (Å²) in [5, 5.41) is 0. The minimum atomic E-state index is -3.33. The molecule has 0 heterocycles. The molecule has 0 atom stereocenters. The number of rotatable bonds is 3. The summed E-state index contributed by atoms with van der Waals surface area (Å²) in [4.78, 5) is 0.207. The smallest absolute Gasteiger partial charge is 0.175 e. The van der Waals surface area contributed by atoms with Crippen LogP contribution < -0.4 is 5.73 Å². The summed E-state index contributed by atoms with van der Waals surface area (Å²) in [5.41, 5.74) is 6.30. The molecule has 1 saturated carbocycles. The first-order chi connectivity index (χ1) is 8.30. The predicted molar refractivity (Wildman–Crippen MR) is 68.8 cm³/mol. The molecule has 1 aliphatic carbocycles. The van der Waals surface area contributed by atoms with Crippen molar-refractivity contribution in [2.24, 2.45) is 5.73 Å². The number of aryl methyl sites for hydroxylation is 1. The van der Waals surface area contributed by atoms with Gasteiger partial charge in [-0.2, -0.15) is 0 Å². The first kappa shape index (κ1) is 13.5. The Morgan fingerprint density at radius 2 is 2.00 bits per heavy atom. The second kappa shape index (κ2) is 4.31. The molecule has 1 aromatic rings. The summed E-state index contributed by atoms with van der Waals surface area (Å²) in [6, 6.07) is 2.79. The molecule has 0 aliphatic heterocycles. The molecule has 0 aromatic heterocycles. The van der Waals surface area contributed by atoms with Gasteiger partial charge in [-0.3, -0.25) is 0 Å². The van der Waals surface area contributed by atoms with Crippen LogP contribution in [0.15, 0.2) is 17.0 Å². The summed E-state index contributed by atoms with van der Waals surface area (Å²) in [6.07, 6.45) is 3.81. The van der Waals surface area contributed by atoms with Crippen LogP contribution in [0.5, 0.6) is 0 Å². The average Bonchev–Trinajstić information content (AvgIpc) is 2.18. The zero-order valence-electron chi connectivity index (χ0n) is 10.7. The molecule has 0 bridgehead atoms. The van der Waals surface area contributed by atoms with Gasteiger partial charge in [-0.1, -0.05) is 6.42 Å². The van der Waals surface area contributed by atoms with Gasteiger partial charge in [-0.05, 0) is 43.0 Å². The fraction of sp³-hybridized carbons (Fsp3) is 0.538. The highest BCUT2D eigenvalue weighted by molar-refractivity contribution is 7.90. The Hall–Kier alpha value is -0.940. The van der Waals surface area contributed by atoms with E-state index in [1.807, 2.05) is 0 Å². The quantitative estimate of drug-likeness (QED) is 0.854. The van der Waals surface area contributed by atoms with E-state index in [2.05, 4.69) is 0 Å².